The molecule has 0 amide bonds. The Balaban J connectivity index is 0.000000552. The smallest absolute Gasteiger partial charge is 0.204 e. The molecular weight excluding hydrogens is 339 g/mol. The highest BCUT2D eigenvalue weighted by Crippen LogP contribution is 2.38. The van der Waals surface area contributed by atoms with Crippen LogP contribution in [0.15, 0.2) is 60.7 Å². The molecule has 142 valence electrons. The highest BCUT2D eigenvalue weighted by molar-refractivity contribution is 7.76. The van der Waals surface area contributed by atoms with Gasteiger partial charge in [-0.2, -0.15) is 0 Å². The van der Waals surface area contributed by atoms with Gasteiger partial charge in [-0.1, -0.05) is 57.2 Å². The summed E-state index contributed by atoms with van der Waals surface area (Å²) in [5.74, 6) is 0.833. The van der Waals surface area contributed by atoms with E-state index < -0.39 is 7.29 Å². The molecule has 2 aromatic rings. The van der Waals surface area contributed by atoms with E-state index in [1.165, 1.54) is 25.9 Å². The average molecular weight is 372 g/mol. The summed E-state index contributed by atoms with van der Waals surface area (Å²) in [6.45, 7) is 10.6. The molecule has 0 spiro atoms. The second-order valence-electron chi connectivity index (χ2n) is 7.47. The molecule has 0 saturated carbocycles. The molecule has 4 heteroatoms. The van der Waals surface area contributed by atoms with Crippen molar-refractivity contribution >= 4 is 17.9 Å². The van der Waals surface area contributed by atoms with Gasteiger partial charge in [-0.05, 0) is 56.1 Å². The molecule has 3 nitrogen and oxygen atoms in total. The summed E-state index contributed by atoms with van der Waals surface area (Å²) in [6.07, 6.45) is 2.57. The Bertz CT molecular complexity index is 621. The topological polar surface area (TPSA) is 32.3 Å². The number of hydrogen-bond donors (Lipinski definition) is 1. The maximum Gasteiger partial charge on any atom is 0.204 e. The second-order valence-corrected chi connectivity index (χ2v) is 10.0. The van der Waals surface area contributed by atoms with E-state index in [2.05, 4.69) is 30.8 Å². The molecule has 0 unspecified atom stereocenters. The quantitative estimate of drug-likeness (QED) is 0.769. The molecular formula is C22H33N2OP. The summed E-state index contributed by atoms with van der Waals surface area (Å²) < 4.78 is 13.7. The van der Waals surface area contributed by atoms with Crippen LogP contribution < -0.4 is 15.7 Å². The fourth-order valence-corrected chi connectivity index (χ4v) is 5.24. The number of nitrogens with one attached hydrogen (secondary N) is 1. The summed E-state index contributed by atoms with van der Waals surface area (Å²) in [4.78, 5) is 2.44. The van der Waals surface area contributed by atoms with E-state index >= 15 is 0 Å². The first-order valence-electron chi connectivity index (χ1n) is 9.71. The largest absolute Gasteiger partial charge is 0.302 e. The number of nitrogens with zero attached hydrogens (tertiary/aromatic N) is 1. The van der Waals surface area contributed by atoms with Gasteiger partial charge in [0, 0.05) is 23.7 Å². The van der Waals surface area contributed by atoms with Gasteiger partial charge >= 0.3 is 0 Å². The monoisotopic (exact) mass is 372 g/mol. The minimum atomic E-state index is -2.76. The van der Waals surface area contributed by atoms with Crippen molar-refractivity contribution in [1.82, 2.24) is 9.99 Å². The molecule has 1 N–H and O–H groups in total. The van der Waals surface area contributed by atoms with Crippen LogP contribution in [0.3, 0.4) is 0 Å². The number of benzene rings is 2. The molecule has 0 aliphatic carbocycles. The summed E-state index contributed by atoms with van der Waals surface area (Å²) in [6, 6.07) is 19.5. The van der Waals surface area contributed by atoms with Crippen LogP contribution in [0.1, 0.15) is 33.6 Å². The Morgan fingerprint density at radius 1 is 0.885 bits per heavy atom. The van der Waals surface area contributed by atoms with Gasteiger partial charge < -0.3 is 4.90 Å². The van der Waals surface area contributed by atoms with Gasteiger partial charge in [-0.15, -0.1) is 0 Å². The van der Waals surface area contributed by atoms with Gasteiger partial charge in [-0.3, -0.25) is 9.65 Å². The highest BCUT2D eigenvalue weighted by Gasteiger charge is 2.26. The zero-order valence-electron chi connectivity index (χ0n) is 16.4. The van der Waals surface area contributed by atoms with Crippen LogP contribution in [0.25, 0.3) is 0 Å². The summed E-state index contributed by atoms with van der Waals surface area (Å²) in [5.41, 5.74) is 0. The van der Waals surface area contributed by atoms with Crippen molar-refractivity contribution in [3.8, 4) is 0 Å². The van der Waals surface area contributed by atoms with Crippen LogP contribution in [0.2, 0.25) is 0 Å². The zero-order chi connectivity index (χ0) is 18.8. The molecule has 1 saturated heterocycles. The van der Waals surface area contributed by atoms with Gasteiger partial charge in [0.25, 0.3) is 0 Å². The third-order valence-electron chi connectivity index (χ3n) is 4.20. The molecule has 2 aromatic carbocycles. The van der Waals surface area contributed by atoms with Crippen molar-refractivity contribution in [2.24, 2.45) is 5.92 Å². The van der Waals surface area contributed by atoms with Crippen molar-refractivity contribution in [2.75, 3.05) is 26.2 Å². The van der Waals surface area contributed by atoms with Crippen molar-refractivity contribution in [2.45, 2.75) is 33.6 Å². The Hall–Kier alpha value is -1.41. The van der Waals surface area contributed by atoms with Crippen LogP contribution in [0, 0.1) is 5.92 Å². The van der Waals surface area contributed by atoms with Crippen LogP contribution >= 0.6 is 7.29 Å². The number of hydrogen-bond acceptors (Lipinski definition) is 2. The summed E-state index contributed by atoms with van der Waals surface area (Å²) >= 11 is 0. The predicted octanol–water partition coefficient (Wildman–Crippen LogP) is 4.26. The zero-order valence-corrected chi connectivity index (χ0v) is 17.3. The molecule has 3 rings (SSSR count). The fourth-order valence-electron chi connectivity index (χ4n) is 2.98. The Morgan fingerprint density at radius 3 is 1.73 bits per heavy atom. The minimum Gasteiger partial charge on any atom is -0.302 e. The Labute approximate surface area is 159 Å². The van der Waals surface area contributed by atoms with E-state index in [0.29, 0.717) is 0 Å². The van der Waals surface area contributed by atoms with Crippen LogP contribution in [-0.2, 0) is 4.57 Å². The van der Waals surface area contributed by atoms with Gasteiger partial charge in [0.15, 0.2) is 0 Å². The highest BCUT2D eigenvalue weighted by atomic mass is 31.2. The van der Waals surface area contributed by atoms with E-state index in [4.69, 9.17) is 0 Å². The lowest BCUT2D eigenvalue weighted by Gasteiger charge is -2.22. The first kappa shape index (κ1) is 20.9. The number of likely N-dealkylation sites (tertiary alicyclic amines) is 1. The molecule has 1 fully saturated rings. The predicted molar refractivity (Wildman–Crippen MR) is 114 cm³/mol. The lowest BCUT2D eigenvalue weighted by molar-refractivity contribution is 0.344. The summed E-state index contributed by atoms with van der Waals surface area (Å²) in [5, 5.41) is 5.12. The Kier molecular flexibility index (Phi) is 8.58. The van der Waals surface area contributed by atoms with Gasteiger partial charge in [0.05, 0.1) is 0 Å². The van der Waals surface area contributed by atoms with E-state index in [0.717, 1.165) is 29.6 Å². The van der Waals surface area contributed by atoms with E-state index in [-0.39, 0.29) is 0 Å². The Morgan fingerprint density at radius 2 is 1.31 bits per heavy atom. The van der Waals surface area contributed by atoms with Crippen molar-refractivity contribution in [1.29, 1.82) is 0 Å². The maximum atomic E-state index is 13.7. The summed E-state index contributed by atoms with van der Waals surface area (Å²) in [7, 11) is -2.76. The van der Waals surface area contributed by atoms with Crippen molar-refractivity contribution < 1.29 is 4.57 Å². The van der Waals surface area contributed by atoms with Crippen LogP contribution in [0.5, 0.6) is 0 Å². The third kappa shape index (κ3) is 6.39. The molecule has 0 radical (unpaired) electrons. The van der Waals surface area contributed by atoms with Gasteiger partial charge in [0.2, 0.25) is 7.29 Å². The van der Waals surface area contributed by atoms with Crippen molar-refractivity contribution in [3.63, 3.8) is 0 Å². The molecule has 26 heavy (non-hydrogen) atoms. The van der Waals surface area contributed by atoms with E-state index in [1.807, 2.05) is 60.7 Å². The number of rotatable bonds is 6. The maximum absolute atomic E-state index is 13.7. The van der Waals surface area contributed by atoms with E-state index in [1.54, 1.807) is 0 Å². The first-order valence-corrected chi connectivity index (χ1v) is 11.4. The molecule has 0 aromatic heterocycles. The third-order valence-corrected chi connectivity index (χ3v) is 6.92. The second kappa shape index (κ2) is 10.7. The van der Waals surface area contributed by atoms with Gasteiger partial charge in [-0.25, -0.2) is 0 Å². The lowest BCUT2D eigenvalue weighted by atomic mass is 10.3. The van der Waals surface area contributed by atoms with Crippen molar-refractivity contribution in [3.05, 3.63) is 60.7 Å². The fraction of sp³-hybridized carbons (Fsp3) is 0.455. The lowest BCUT2D eigenvalue weighted by Crippen LogP contribution is -2.34. The minimum absolute atomic E-state index is 0.751. The SMILES string of the molecule is CC(C)C.O=P(NCCN1CCCC1)(c1ccccc1)c1ccccc1. The van der Waals surface area contributed by atoms with Crippen LogP contribution in [0.4, 0.5) is 0 Å². The average Bonchev–Trinajstić information content (AvgIpc) is 3.16. The first-order chi connectivity index (χ1) is 12.5. The van der Waals surface area contributed by atoms with E-state index in [9.17, 15) is 4.57 Å². The van der Waals surface area contributed by atoms with Crippen LogP contribution in [-0.4, -0.2) is 31.1 Å². The normalized spacial score (nSPS) is 14.9. The molecule has 0 bridgehead atoms. The molecule has 1 heterocycles. The standard InChI is InChI=1S/C18H23N2OP.C4H10/c21-22(17-9-3-1-4-10-17,18-11-5-2-6-12-18)19-13-16-20-14-7-8-15-20;1-4(2)3/h1-6,9-12H,7-8,13-16H2,(H,19,21);4H,1-3H3. The van der Waals surface area contributed by atoms with Gasteiger partial charge in [0.1, 0.15) is 0 Å². The molecule has 0 atom stereocenters. The molecule has 1 aliphatic heterocycles. The molecule has 1 aliphatic rings.